The monoisotopic (exact) mass is 314 g/mol. The van der Waals surface area contributed by atoms with E-state index in [-0.39, 0.29) is 22.9 Å². The average molecular weight is 314 g/mol. The molecule has 4 rings (SSSR count). The molecular weight excluding hydrogens is 288 g/mol. The Morgan fingerprint density at radius 1 is 1.26 bits per heavy atom. The van der Waals surface area contributed by atoms with E-state index in [1.54, 1.807) is 0 Å². The Balaban J connectivity index is 1.33. The van der Waals surface area contributed by atoms with Gasteiger partial charge >= 0.3 is 6.03 Å². The highest BCUT2D eigenvalue weighted by Crippen LogP contribution is 2.52. The van der Waals surface area contributed by atoms with Crippen LogP contribution in [-0.4, -0.2) is 31.3 Å². The van der Waals surface area contributed by atoms with Crippen molar-refractivity contribution in [2.45, 2.75) is 50.7 Å². The summed E-state index contributed by atoms with van der Waals surface area (Å²) >= 11 is 0. The number of ether oxygens (including phenoxy) is 1. The molecule has 124 valence electrons. The molecule has 2 N–H and O–H groups in total. The molecule has 0 aromatic heterocycles. The third-order valence-electron chi connectivity index (χ3n) is 6.21. The summed E-state index contributed by atoms with van der Waals surface area (Å²) in [5.74, 6) is 0.486. The minimum absolute atomic E-state index is 0.0318. The molecule has 0 unspecified atom stereocenters. The smallest absolute Gasteiger partial charge is 0.315 e. The lowest BCUT2D eigenvalue weighted by Crippen LogP contribution is -2.67. The largest absolute Gasteiger partial charge is 0.377 e. The van der Waals surface area contributed by atoms with E-state index in [0.717, 1.165) is 32.4 Å². The first-order valence-electron chi connectivity index (χ1n) is 8.74. The van der Waals surface area contributed by atoms with E-state index in [9.17, 15) is 4.79 Å². The van der Waals surface area contributed by atoms with Crippen molar-refractivity contribution in [2.75, 3.05) is 13.2 Å². The first-order valence-corrected chi connectivity index (χ1v) is 8.74. The number of nitrogens with one attached hydrogen (secondary N) is 2. The van der Waals surface area contributed by atoms with Crippen molar-refractivity contribution in [3.8, 4) is 0 Å². The maximum atomic E-state index is 12.4. The van der Waals surface area contributed by atoms with Crippen LogP contribution in [0.1, 0.15) is 38.7 Å². The Morgan fingerprint density at radius 2 is 2.00 bits per heavy atom. The van der Waals surface area contributed by atoms with Crippen LogP contribution in [0.25, 0.3) is 0 Å². The minimum atomic E-state index is -0.0318. The Hall–Kier alpha value is -1.55. The van der Waals surface area contributed by atoms with Crippen LogP contribution < -0.4 is 10.6 Å². The highest BCUT2D eigenvalue weighted by molar-refractivity contribution is 5.75. The summed E-state index contributed by atoms with van der Waals surface area (Å²) in [7, 11) is 0. The van der Waals surface area contributed by atoms with Crippen LogP contribution in [-0.2, 0) is 10.2 Å². The van der Waals surface area contributed by atoms with Gasteiger partial charge in [0, 0.05) is 35.9 Å². The third-order valence-corrected chi connectivity index (χ3v) is 6.21. The van der Waals surface area contributed by atoms with Crippen molar-refractivity contribution in [3.05, 3.63) is 35.9 Å². The summed E-state index contributed by atoms with van der Waals surface area (Å²) in [5, 5.41) is 6.31. The number of fused-ring (bicyclic) bond motifs is 1. The van der Waals surface area contributed by atoms with Gasteiger partial charge in [0.15, 0.2) is 0 Å². The molecule has 3 aliphatic rings. The van der Waals surface area contributed by atoms with Crippen molar-refractivity contribution < 1.29 is 9.53 Å². The number of carbonyl (C=O) groups is 1. The summed E-state index contributed by atoms with van der Waals surface area (Å²) in [4.78, 5) is 12.4. The maximum absolute atomic E-state index is 12.4. The number of urea groups is 1. The first-order chi connectivity index (χ1) is 11.0. The molecular formula is C19H26N2O2. The topological polar surface area (TPSA) is 50.4 Å². The maximum Gasteiger partial charge on any atom is 0.315 e. The van der Waals surface area contributed by atoms with E-state index in [1.807, 2.05) is 6.07 Å². The fraction of sp³-hybridized carbons (Fsp3) is 0.632. The van der Waals surface area contributed by atoms with Gasteiger partial charge in [-0.1, -0.05) is 44.2 Å². The van der Waals surface area contributed by atoms with Crippen LogP contribution in [0.15, 0.2) is 30.3 Å². The van der Waals surface area contributed by atoms with Gasteiger partial charge in [-0.05, 0) is 24.8 Å². The van der Waals surface area contributed by atoms with Gasteiger partial charge in [-0.25, -0.2) is 4.79 Å². The lowest BCUT2D eigenvalue weighted by atomic mass is 9.57. The summed E-state index contributed by atoms with van der Waals surface area (Å²) in [6.07, 6.45) is 3.69. The highest BCUT2D eigenvalue weighted by atomic mass is 16.5. The fourth-order valence-corrected chi connectivity index (χ4v) is 4.57. The van der Waals surface area contributed by atoms with Crippen LogP contribution in [0.5, 0.6) is 0 Å². The molecule has 1 heterocycles. The molecule has 0 radical (unpaired) electrons. The van der Waals surface area contributed by atoms with Crippen LogP contribution in [0, 0.1) is 11.3 Å². The van der Waals surface area contributed by atoms with Crippen LogP contribution >= 0.6 is 0 Å². The van der Waals surface area contributed by atoms with Crippen molar-refractivity contribution >= 4 is 6.03 Å². The number of amides is 2. The van der Waals surface area contributed by atoms with Gasteiger partial charge in [-0.3, -0.25) is 0 Å². The fourth-order valence-electron chi connectivity index (χ4n) is 4.57. The molecule has 1 aromatic rings. The SMILES string of the molecule is CC1(C)[C@H](NC(=O)NCC2(c3ccccc3)CC2)[C@@H]2CCO[C@H]21. The molecule has 4 nitrogen and oxygen atoms in total. The molecule has 1 saturated heterocycles. The second-order valence-corrected chi connectivity index (χ2v) is 8.02. The summed E-state index contributed by atoms with van der Waals surface area (Å²) in [5.41, 5.74) is 1.54. The molecule has 3 fully saturated rings. The molecule has 1 aromatic carbocycles. The molecule has 2 saturated carbocycles. The number of carbonyl (C=O) groups excluding carboxylic acids is 1. The van der Waals surface area contributed by atoms with Crippen molar-refractivity contribution in [1.29, 1.82) is 0 Å². The normalized spacial score (nSPS) is 32.5. The Kier molecular flexibility index (Phi) is 3.41. The molecule has 3 atom stereocenters. The number of rotatable bonds is 4. The van der Waals surface area contributed by atoms with Gasteiger partial charge in [-0.2, -0.15) is 0 Å². The second kappa shape index (κ2) is 5.23. The molecule has 0 spiro atoms. The van der Waals surface area contributed by atoms with Crippen molar-refractivity contribution in [3.63, 3.8) is 0 Å². The number of hydrogen-bond donors (Lipinski definition) is 2. The second-order valence-electron chi connectivity index (χ2n) is 8.02. The zero-order valence-corrected chi connectivity index (χ0v) is 14.0. The first kappa shape index (κ1) is 15.0. The molecule has 1 aliphatic heterocycles. The van der Waals surface area contributed by atoms with E-state index >= 15 is 0 Å². The number of benzene rings is 1. The zero-order chi connectivity index (χ0) is 16.1. The lowest BCUT2D eigenvalue weighted by molar-refractivity contribution is -0.108. The lowest BCUT2D eigenvalue weighted by Gasteiger charge is -2.54. The van der Waals surface area contributed by atoms with Gasteiger partial charge in [0.2, 0.25) is 0 Å². The molecule has 23 heavy (non-hydrogen) atoms. The number of hydrogen-bond acceptors (Lipinski definition) is 2. The van der Waals surface area contributed by atoms with Gasteiger partial charge in [0.05, 0.1) is 6.10 Å². The highest BCUT2D eigenvalue weighted by Gasteiger charge is 2.59. The standard InChI is InChI=1S/C19H26N2O2/c1-18(2)15(14-8-11-23-16(14)18)21-17(22)20-12-19(9-10-19)13-6-4-3-5-7-13/h3-7,14-16H,8-12H2,1-2H3,(H2,20,21,22)/t14-,15+,16+/m0/s1. The molecule has 0 bridgehead atoms. The molecule has 2 aliphatic carbocycles. The quantitative estimate of drug-likeness (QED) is 0.898. The Morgan fingerprint density at radius 3 is 2.70 bits per heavy atom. The van der Waals surface area contributed by atoms with Gasteiger partial charge in [0.1, 0.15) is 0 Å². The van der Waals surface area contributed by atoms with Crippen molar-refractivity contribution in [2.24, 2.45) is 11.3 Å². The van der Waals surface area contributed by atoms with Gasteiger partial charge in [0.25, 0.3) is 0 Å². The van der Waals surface area contributed by atoms with Gasteiger partial charge in [-0.15, -0.1) is 0 Å². The van der Waals surface area contributed by atoms with E-state index < -0.39 is 0 Å². The van der Waals surface area contributed by atoms with E-state index in [0.29, 0.717) is 12.0 Å². The summed E-state index contributed by atoms with van der Waals surface area (Å²) in [6, 6.07) is 10.7. The van der Waals surface area contributed by atoms with E-state index in [1.165, 1.54) is 5.56 Å². The van der Waals surface area contributed by atoms with Crippen LogP contribution in [0.2, 0.25) is 0 Å². The predicted molar refractivity (Wildman–Crippen MR) is 89.3 cm³/mol. The zero-order valence-electron chi connectivity index (χ0n) is 14.0. The Bertz CT molecular complexity index is 595. The molecule has 4 heteroatoms. The van der Waals surface area contributed by atoms with Crippen molar-refractivity contribution in [1.82, 2.24) is 10.6 Å². The molecule has 2 amide bonds. The third kappa shape index (κ3) is 2.44. The average Bonchev–Trinajstić information content (AvgIpc) is 3.21. The van der Waals surface area contributed by atoms with Gasteiger partial charge < -0.3 is 15.4 Å². The van der Waals surface area contributed by atoms with E-state index in [4.69, 9.17) is 4.74 Å². The van der Waals surface area contributed by atoms with Crippen LogP contribution in [0.3, 0.4) is 0 Å². The summed E-state index contributed by atoms with van der Waals surface area (Å²) < 4.78 is 5.79. The Labute approximate surface area is 138 Å². The van der Waals surface area contributed by atoms with E-state index in [2.05, 4.69) is 48.7 Å². The van der Waals surface area contributed by atoms with Crippen LogP contribution in [0.4, 0.5) is 4.79 Å². The predicted octanol–water partition coefficient (Wildman–Crippen LogP) is 2.83. The minimum Gasteiger partial charge on any atom is -0.377 e. The summed E-state index contributed by atoms with van der Waals surface area (Å²) in [6.45, 7) is 5.93.